The molecule has 0 spiro atoms. The molecule has 11 nitrogen and oxygen atoms in total. The van der Waals surface area contributed by atoms with Crippen LogP contribution in [-0.4, -0.2) is 90.6 Å². The number of esters is 1. The molecule has 1 amide bonds. The number of aliphatic hydroxyl groups excluding tert-OH is 1. The maximum absolute atomic E-state index is 15.0. The van der Waals surface area contributed by atoms with Crippen LogP contribution < -0.4 is 5.32 Å². The monoisotopic (exact) mass is 685 g/mol. The summed E-state index contributed by atoms with van der Waals surface area (Å²) in [7, 11) is 3.09. The summed E-state index contributed by atoms with van der Waals surface area (Å²) in [6.07, 6.45) is -4.75. The van der Waals surface area contributed by atoms with E-state index in [0.29, 0.717) is 29.7 Å². The predicted molar refractivity (Wildman–Crippen MR) is 180 cm³/mol. The van der Waals surface area contributed by atoms with E-state index in [2.05, 4.69) is 12.2 Å². The highest BCUT2D eigenvalue weighted by Crippen LogP contribution is 2.67. The fraction of sp³-hybridized carbons (Fsp3) is 0.711. The molecule has 1 aromatic rings. The molecule has 272 valence electrons. The van der Waals surface area contributed by atoms with Crippen molar-refractivity contribution < 1.29 is 48.3 Å². The lowest BCUT2D eigenvalue weighted by molar-refractivity contribution is -0.305. The van der Waals surface area contributed by atoms with Gasteiger partial charge in [0.05, 0.1) is 35.9 Å². The van der Waals surface area contributed by atoms with Crippen LogP contribution in [0.15, 0.2) is 41.5 Å². The molecule has 11 unspecified atom stereocenters. The highest BCUT2D eigenvalue weighted by Gasteiger charge is 2.73. The smallest absolute Gasteiger partial charge is 0.408 e. The van der Waals surface area contributed by atoms with Gasteiger partial charge >= 0.3 is 12.1 Å². The molecular formula is C38H55NO10. The lowest BCUT2D eigenvalue weighted by atomic mass is 9.40. The molecule has 3 fully saturated rings. The molecule has 1 aromatic carbocycles. The van der Waals surface area contributed by atoms with E-state index in [-0.39, 0.29) is 24.2 Å². The molecule has 4 aliphatic rings. The van der Waals surface area contributed by atoms with E-state index >= 15 is 0 Å². The summed E-state index contributed by atoms with van der Waals surface area (Å²) in [6, 6.07) is 7.40. The van der Waals surface area contributed by atoms with Crippen LogP contribution in [0.3, 0.4) is 0 Å². The standard InChI is InChI=1S/C38H55NO10/c1-20-23(48-32(42)28(40)27(22-15-13-12-14-16-22)39-33(43)49-34(3,4)5)18-38(44)21(2)30-36(8)19-47-24(36)17-25(45-10)37(30,9)31(41)29(46-11)26(20)35(38,6)7/h12-16,21,23-25,27-30,40,44H,17-19H2,1-11H3,(H,39,43). The van der Waals surface area contributed by atoms with Crippen molar-refractivity contribution in [3.8, 4) is 0 Å². The van der Waals surface area contributed by atoms with Gasteiger partial charge in [0.1, 0.15) is 17.8 Å². The Labute approximate surface area is 290 Å². The minimum Gasteiger partial charge on any atom is -0.456 e. The molecule has 3 aliphatic carbocycles. The molecule has 49 heavy (non-hydrogen) atoms. The molecule has 0 radical (unpaired) electrons. The Balaban J connectivity index is 1.56. The number of hydrogen-bond donors (Lipinski definition) is 3. The number of nitrogens with one attached hydrogen (secondary N) is 1. The van der Waals surface area contributed by atoms with Crippen molar-refractivity contribution in [2.24, 2.45) is 28.1 Å². The Morgan fingerprint density at radius 2 is 1.69 bits per heavy atom. The molecule has 5 rings (SSSR count). The Morgan fingerprint density at radius 1 is 1.06 bits per heavy atom. The molecule has 2 saturated carbocycles. The number of fused-ring (bicyclic) bond motifs is 5. The van der Waals surface area contributed by atoms with E-state index in [0.717, 1.165) is 0 Å². The second kappa shape index (κ2) is 12.7. The molecule has 0 aromatic heterocycles. The number of Topliss-reactive ketones (excluding diaryl/α,β-unsaturated/α-hetero) is 1. The van der Waals surface area contributed by atoms with E-state index < -0.39 is 75.9 Å². The van der Waals surface area contributed by atoms with E-state index in [4.69, 9.17) is 23.7 Å². The van der Waals surface area contributed by atoms with Crippen molar-refractivity contribution >= 4 is 17.8 Å². The topological polar surface area (TPSA) is 150 Å². The third-order valence-corrected chi connectivity index (χ3v) is 12.4. The van der Waals surface area contributed by atoms with Crippen LogP contribution in [0.5, 0.6) is 0 Å². The quantitative estimate of drug-likeness (QED) is 0.273. The summed E-state index contributed by atoms with van der Waals surface area (Å²) in [5.41, 5.74) is -3.13. The van der Waals surface area contributed by atoms with E-state index in [1.165, 1.54) is 7.11 Å². The van der Waals surface area contributed by atoms with Gasteiger partial charge in [0.15, 0.2) is 11.9 Å². The first-order chi connectivity index (χ1) is 22.7. The number of ether oxygens (including phenoxy) is 5. The third-order valence-electron chi connectivity index (χ3n) is 12.4. The van der Waals surface area contributed by atoms with E-state index in [9.17, 15) is 24.6 Å². The zero-order valence-electron chi connectivity index (χ0n) is 30.8. The van der Waals surface area contributed by atoms with Crippen LogP contribution in [-0.2, 0) is 33.3 Å². The molecular weight excluding hydrogens is 630 g/mol. The van der Waals surface area contributed by atoms with Crippen LogP contribution in [0.4, 0.5) is 4.79 Å². The number of hydrogen-bond acceptors (Lipinski definition) is 10. The van der Waals surface area contributed by atoms with Gasteiger partial charge in [-0.3, -0.25) is 4.79 Å². The Bertz CT molecular complexity index is 1480. The molecule has 1 heterocycles. The van der Waals surface area contributed by atoms with Crippen molar-refractivity contribution in [1.29, 1.82) is 0 Å². The lowest BCUT2D eigenvalue weighted by Crippen LogP contribution is -2.75. The number of alkyl carbamates (subject to hydrolysis) is 1. The van der Waals surface area contributed by atoms with Crippen molar-refractivity contribution in [1.82, 2.24) is 5.32 Å². The van der Waals surface area contributed by atoms with Crippen molar-refractivity contribution in [3.63, 3.8) is 0 Å². The minimum absolute atomic E-state index is 0.0148. The number of methoxy groups -OCH3 is 2. The number of carbonyl (C=O) groups excluding carboxylic acids is 3. The fourth-order valence-electron chi connectivity index (χ4n) is 9.87. The van der Waals surface area contributed by atoms with Gasteiger partial charge < -0.3 is 39.2 Å². The number of aliphatic hydroxyl groups is 2. The summed E-state index contributed by atoms with van der Waals surface area (Å²) >= 11 is 0. The number of rotatable bonds is 7. The van der Waals surface area contributed by atoms with Gasteiger partial charge in [0.2, 0.25) is 0 Å². The van der Waals surface area contributed by atoms with Gasteiger partial charge in [0, 0.05) is 37.9 Å². The average molecular weight is 686 g/mol. The number of benzene rings is 1. The first kappa shape index (κ1) is 37.4. The summed E-state index contributed by atoms with van der Waals surface area (Å²) in [4.78, 5) is 41.7. The Morgan fingerprint density at radius 3 is 2.22 bits per heavy atom. The van der Waals surface area contributed by atoms with Crippen LogP contribution in [0.25, 0.3) is 0 Å². The molecule has 11 atom stereocenters. The SMILES string of the molecule is COC1C(=O)C2(C)C(OC)CC3OCC3(C)C2C(C)C2(O)CC(OC(=O)C(O)C(NC(=O)OC(C)(C)C)c3ccccc3)C(C)=C1C2(C)C. The first-order valence-electron chi connectivity index (χ1n) is 17.3. The molecule has 2 bridgehead atoms. The lowest BCUT2D eigenvalue weighted by Gasteiger charge is -2.69. The van der Waals surface area contributed by atoms with Crippen LogP contribution in [0, 0.1) is 28.1 Å². The molecule has 11 heteroatoms. The maximum atomic E-state index is 15.0. The maximum Gasteiger partial charge on any atom is 0.408 e. The minimum atomic E-state index is -1.82. The average Bonchev–Trinajstić information content (AvgIpc) is 3.02. The summed E-state index contributed by atoms with van der Waals surface area (Å²) in [5.74, 6) is -1.99. The van der Waals surface area contributed by atoms with Crippen LogP contribution in [0.1, 0.15) is 86.8 Å². The largest absolute Gasteiger partial charge is 0.456 e. The molecule has 3 N–H and O–H groups in total. The van der Waals surface area contributed by atoms with E-state index in [1.807, 2.05) is 27.7 Å². The third kappa shape index (κ3) is 5.83. The van der Waals surface area contributed by atoms with Gasteiger partial charge in [-0.05, 0) is 63.2 Å². The Hall–Kier alpha value is -2.83. The van der Waals surface area contributed by atoms with Crippen molar-refractivity contribution in [3.05, 3.63) is 47.0 Å². The first-order valence-corrected chi connectivity index (χ1v) is 17.3. The normalized spacial score (nSPS) is 38.1. The number of carbonyl (C=O) groups is 3. The molecule has 1 aliphatic heterocycles. The van der Waals surface area contributed by atoms with Gasteiger partial charge in [0.25, 0.3) is 0 Å². The van der Waals surface area contributed by atoms with Crippen molar-refractivity contribution in [2.75, 3.05) is 20.8 Å². The van der Waals surface area contributed by atoms with Gasteiger partial charge in [-0.15, -0.1) is 0 Å². The predicted octanol–water partition coefficient (Wildman–Crippen LogP) is 4.68. The summed E-state index contributed by atoms with van der Waals surface area (Å²) < 4.78 is 29.6. The highest BCUT2D eigenvalue weighted by molar-refractivity contribution is 5.93. The van der Waals surface area contributed by atoms with Crippen molar-refractivity contribution in [2.45, 2.75) is 123 Å². The highest BCUT2D eigenvalue weighted by atomic mass is 16.6. The summed E-state index contributed by atoms with van der Waals surface area (Å²) in [5, 5.41) is 27.2. The summed E-state index contributed by atoms with van der Waals surface area (Å²) in [6.45, 7) is 17.2. The zero-order chi connectivity index (χ0) is 36.5. The van der Waals surface area contributed by atoms with Gasteiger partial charge in [-0.1, -0.05) is 58.0 Å². The van der Waals surface area contributed by atoms with Crippen LogP contribution >= 0.6 is 0 Å². The second-order valence-electron chi connectivity index (χ2n) is 16.5. The van der Waals surface area contributed by atoms with Gasteiger partial charge in [-0.25, -0.2) is 9.59 Å². The zero-order valence-corrected chi connectivity index (χ0v) is 30.8. The fourth-order valence-corrected chi connectivity index (χ4v) is 9.87. The number of amides is 1. The Kier molecular flexibility index (Phi) is 9.73. The van der Waals surface area contributed by atoms with Crippen LogP contribution in [0.2, 0.25) is 0 Å². The van der Waals surface area contributed by atoms with Gasteiger partial charge in [-0.2, -0.15) is 0 Å². The number of ketones is 1. The van der Waals surface area contributed by atoms with E-state index in [1.54, 1.807) is 65.1 Å². The molecule has 1 saturated heterocycles. The second-order valence-corrected chi connectivity index (χ2v) is 16.5.